The molecule has 0 saturated heterocycles. The van der Waals surface area contributed by atoms with Gasteiger partial charge in [-0.3, -0.25) is 4.79 Å². The minimum absolute atomic E-state index is 0.0468. The van der Waals surface area contributed by atoms with Gasteiger partial charge in [0.1, 0.15) is 6.61 Å². The highest BCUT2D eigenvalue weighted by Gasteiger charge is 2.31. The van der Waals surface area contributed by atoms with Crippen molar-refractivity contribution in [3.63, 3.8) is 0 Å². The monoisotopic (exact) mass is 225 g/mol. The van der Waals surface area contributed by atoms with Gasteiger partial charge in [0.25, 0.3) is 0 Å². The van der Waals surface area contributed by atoms with Crippen molar-refractivity contribution in [3.05, 3.63) is 0 Å². The number of carbonyl (C=O) groups is 1. The molecule has 15 heavy (non-hydrogen) atoms. The van der Waals surface area contributed by atoms with E-state index >= 15 is 0 Å². The molecule has 2 atom stereocenters. The Morgan fingerprint density at radius 3 is 2.73 bits per heavy atom. The molecule has 1 aliphatic rings. The molecule has 0 aromatic carbocycles. The number of nitrogens with one attached hydrogen (secondary N) is 1. The lowest BCUT2D eigenvalue weighted by molar-refractivity contribution is -0.188. The van der Waals surface area contributed by atoms with E-state index in [1.54, 1.807) is 0 Å². The van der Waals surface area contributed by atoms with E-state index in [1.165, 1.54) is 0 Å². The lowest BCUT2D eigenvalue weighted by atomic mass is 9.93. The number of rotatable bonds is 4. The fraction of sp³-hybridized carbons (Fsp3) is 0.889. The molecule has 3 nitrogen and oxygen atoms in total. The average Bonchev–Trinajstić information content (AvgIpc) is 2.15. The Morgan fingerprint density at radius 1 is 1.40 bits per heavy atom. The quantitative estimate of drug-likeness (QED) is 0.738. The van der Waals surface area contributed by atoms with Crippen LogP contribution in [-0.2, 0) is 9.53 Å². The van der Waals surface area contributed by atoms with Crippen LogP contribution >= 0.6 is 0 Å². The summed E-state index contributed by atoms with van der Waals surface area (Å²) in [5.74, 6) is 0. The molecule has 88 valence electrons. The van der Waals surface area contributed by atoms with Crippen molar-refractivity contribution in [2.24, 2.45) is 0 Å². The largest absolute Gasteiger partial charge is 0.411 e. The van der Waals surface area contributed by atoms with Crippen molar-refractivity contribution in [2.75, 3.05) is 6.61 Å². The fourth-order valence-electron chi connectivity index (χ4n) is 1.76. The molecule has 0 aromatic rings. The summed E-state index contributed by atoms with van der Waals surface area (Å²) in [5, 5.41) is 2.57. The number of hydrogen-bond acceptors (Lipinski definition) is 2. The molecule has 1 aliphatic carbocycles. The Kier molecular flexibility index (Phi) is 4.38. The molecule has 6 heteroatoms. The van der Waals surface area contributed by atoms with E-state index in [4.69, 9.17) is 4.74 Å². The number of amides is 1. The third-order valence-corrected chi connectivity index (χ3v) is 2.41. The van der Waals surface area contributed by atoms with Gasteiger partial charge in [-0.2, -0.15) is 13.2 Å². The molecule has 1 N–H and O–H groups in total. The minimum atomic E-state index is -4.27. The Bertz CT molecular complexity index is 208. The van der Waals surface area contributed by atoms with Crippen LogP contribution in [-0.4, -0.2) is 31.3 Å². The van der Waals surface area contributed by atoms with Gasteiger partial charge in [-0.05, 0) is 25.7 Å². The summed E-state index contributed by atoms with van der Waals surface area (Å²) in [5.41, 5.74) is 0. The van der Waals surface area contributed by atoms with Crippen molar-refractivity contribution in [3.8, 4) is 0 Å². The Hall–Kier alpha value is -0.780. The van der Waals surface area contributed by atoms with Crippen LogP contribution in [0.4, 0.5) is 13.2 Å². The maximum absolute atomic E-state index is 11.9. The van der Waals surface area contributed by atoms with Crippen molar-refractivity contribution in [1.29, 1.82) is 0 Å². The van der Waals surface area contributed by atoms with Gasteiger partial charge in [0, 0.05) is 6.04 Å². The van der Waals surface area contributed by atoms with E-state index in [1.807, 2.05) is 0 Å². The number of carbonyl (C=O) groups excluding carboxylic acids is 1. The van der Waals surface area contributed by atoms with E-state index in [0.717, 1.165) is 12.8 Å². The number of hydrogen-bond donors (Lipinski definition) is 1. The summed E-state index contributed by atoms with van der Waals surface area (Å²) in [6.45, 7) is -1.20. The molecular formula is C9H14F3NO2. The zero-order chi connectivity index (χ0) is 11.3. The summed E-state index contributed by atoms with van der Waals surface area (Å²) in [6.07, 6.45) is -1.39. The number of halogens is 3. The van der Waals surface area contributed by atoms with Crippen molar-refractivity contribution < 1.29 is 22.7 Å². The lowest BCUT2D eigenvalue weighted by Crippen LogP contribution is -2.37. The first-order valence-corrected chi connectivity index (χ1v) is 4.89. The normalized spacial score (nSPS) is 27.4. The molecule has 1 fully saturated rings. The zero-order valence-electron chi connectivity index (χ0n) is 8.22. The van der Waals surface area contributed by atoms with Gasteiger partial charge in [-0.15, -0.1) is 0 Å². The summed E-state index contributed by atoms with van der Waals surface area (Å²) in [6, 6.07) is -0.0468. The van der Waals surface area contributed by atoms with Gasteiger partial charge in [0.15, 0.2) is 0 Å². The van der Waals surface area contributed by atoms with Gasteiger partial charge in [0.05, 0.1) is 6.10 Å². The maximum atomic E-state index is 11.9. The highest BCUT2D eigenvalue weighted by atomic mass is 19.4. The van der Waals surface area contributed by atoms with E-state index in [9.17, 15) is 18.0 Å². The van der Waals surface area contributed by atoms with Gasteiger partial charge in [-0.1, -0.05) is 0 Å². The van der Waals surface area contributed by atoms with E-state index < -0.39 is 18.9 Å². The molecule has 1 saturated carbocycles. The molecule has 0 spiro atoms. The Balaban J connectivity index is 2.27. The van der Waals surface area contributed by atoms with Crippen molar-refractivity contribution in [2.45, 2.75) is 44.0 Å². The summed E-state index contributed by atoms with van der Waals surface area (Å²) in [7, 11) is 0. The summed E-state index contributed by atoms with van der Waals surface area (Å²) >= 11 is 0. The second kappa shape index (κ2) is 5.34. The zero-order valence-corrected chi connectivity index (χ0v) is 8.22. The molecule has 0 heterocycles. The van der Waals surface area contributed by atoms with Crippen LogP contribution in [0.25, 0.3) is 0 Å². The standard InChI is InChI=1S/C9H14F3NO2/c10-9(11,12)5-15-8-3-1-2-7(4-8)13-6-14/h6-8H,1-5H2,(H,13,14). The summed E-state index contributed by atoms with van der Waals surface area (Å²) < 4.78 is 40.3. The maximum Gasteiger partial charge on any atom is 0.411 e. The number of alkyl halides is 3. The van der Waals surface area contributed by atoms with Crippen LogP contribution in [0.5, 0.6) is 0 Å². The van der Waals surface area contributed by atoms with Gasteiger partial charge < -0.3 is 10.1 Å². The van der Waals surface area contributed by atoms with Crippen molar-refractivity contribution >= 4 is 6.41 Å². The first-order valence-electron chi connectivity index (χ1n) is 4.89. The smallest absolute Gasteiger partial charge is 0.369 e. The van der Waals surface area contributed by atoms with Crippen LogP contribution in [0.15, 0.2) is 0 Å². The second-order valence-corrected chi connectivity index (χ2v) is 3.70. The van der Waals surface area contributed by atoms with Crippen LogP contribution < -0.4 is 5.32 Å². The molecule has 2 unspecified atom stereocenters. The first kappa shape index (κ1) is 12.3. The highest BCUT2D eigenvalue weighted by Crippen LogP contribution is 2.23. The molecule has 1 amide bonds. The predicted molar refractivity (Wildman–Crippen MR) is 47.3 cm³/mol. The molecule has 0 aromatic heterocycles. The Labute approximate surface area is 86.0 Å². The second-order valence-electron chi connectivity index (χ2n) is 3.70. The van der Waals surface area contributed by atoms with Crippen LogP contribution in [0.2, 0.25) is 0 Å². The Morgan fingerprint density at radius 2 is 2.13 bits per heavy atom. The molecule has 0 aliphatic heterocycles. The van der Waals surface area contributed by atoms with Crippen LogP contribution in [0.3, 0.4) is 0 Å². The van der Waals surface area contributed by atoms with Crippen molar-refractivity contribution in [1.82, 2.24) is 5.32 Å². The van der Waals surface area contributed by atoms with Gasteiger partial charge in [0.2, 0.25) is 6.41 Å². The SMILES string of the molecule is O=CNC1CCCC(OCC(F)(F)F)C1. The lowest BCUT2D eigenvalue weighted by Gasteiger charge is -2.28. The fourth-order valence-corrected chi connectivity index (χ4v) is 1.76. The predicted octanol–water partition coefficient (Wildman–Crippen LogP) is 1.62. The third kappa shape index (κ3) is 5.01. The molecular weight excluding hydrogens is 211 g/mol. The molecule has 0 bridgehead atoms. The van der Waals surface area contributed by atoms with Gasteiger partial charge >= 0.3 is 6.18 Å². The first-order chi connectivity index (χ1) is 7.01. The highest BCUT2D eigenvalue weighted by molar-refractivity contribution is 5.46. The average molecular weight is 225 g/mol. The summed E-state index contributed by atoms with van der Waals surface area (Å²) in [4.78, 5) is 10.2. The van der Waals surface area contributed by atoms with Gasteiger partial charge in [-0.25, -0.2) is 0 Å². The van der Waals surface area contributed by atoms with Crippen LogP contribution in [0, 0.1) is 0 Å². The van der Waals surface area contributed by atoms with E-state index in [2.05, 4.69) is 5.32 Å². The molecule has 0 radical (unpaired) electrons. The molecule has 1 rings (SSSR count). The third-order valence-electron chi connectivity index (χ3n) is 2.41. The van der Waals surface area contributed by atoms with Crippen LogP contribution in [0.1, 0.15) is 25.7 Å². The topological polar surface area (TPSA) is 38.3 Å². The minimum Gasteiger partial charge on any atom is -0.369 e. The van der Waals surface area contributed by atoms with E-state index in [-0.39, 0.29) is 6.04 Å². The van der Waals surface area contributed by atoms with E-state index in [0.29, 0.717) is 19.3 Å². The number of ether oxygens (including phenoxy) is 1.